The molecule has 2 heteroatoms. The molecule has 0 radical (unpaired) electrons. The van der Waals surface area contributed by atoms with Gasteiger partial charge < -0.3 is 9.73 Å². The van der Waals surface area contributed by atoms with Crippen LogP contribution in [0, 0.1) is 6.92 Å². The number of hydrogen-bond donors (Lipinski definition) is 1. The molecule has 18 heavy (non-hydrogen) atoms. The van der Waals surface area contributed by atoms with Gasteiger partial charge in [-0.05, 0) is 32.9 Å². The molecule has 2 aromatic rings. The number of nitrogens with one attached hydrogen (secondary N) is 1. The van der Waals surface area contributed by atoms with E-state index in [2.05, 4.69) is 37.4 Å². The number of benzene rings is 1. The third kappa shape index (κ3) is 2.82. The highest BCUT2D eigenvalue weighted by atomic mass is 16.3. The first-order valence-corrected chi connectivity index (χ1v) is 6.62. The minimum absolute atomic E-state index is 0.387. The van der Waals surface area contributed by atoms with Gasteiger partial charge in [0.2, 0.25) is 0 Å². The van der Waals surface area contributed by atoms with Crippen molar-refractivity contribution in [3.05, 3.63) is 41.7 Å². The number of furan rings is 1. The largest absolute Gasteiger partial charge is 0.461 e. The van der Waals surface area contributed by atoms with Crippen molar-refractivity contribution in [2.45, 2.75) is 33.2 Å². The lowest BCUT2D eigenvalue weighted by atomic mass is 10.1. The Morgan fingerprint density at radius 3 is 2.89 bits per heavy atom. The summed E-state index contributed by atoms with van der Waals surface area (Å²) >= 11 is 0. The average Bonchev–Trinajstić information content (AvgIpc) is 2.69. The molecule has 2 rings (SSSR count). The smallest absolute Gasteiger partial charge is 0.134 e. The van der Waals surface area contributed by atoms with Crippen molar-refractivity contribution >= 4 is 17.0 Å². The Labute approximate surface area is 109 Å². The van der Waals surface area contributed by atoms with Crippen molar-refractivity contribution in [3.8, 4) is 0 Å². The molecule has 0 fully saturated rings. The van der Waals surface area contributed by atoms with Crippen LogP contribution in [0.5, 0.6) is 0 Å². The first kappa shape index (κ1) is 12.9. The molecule has 1 N–H and O–H groups in total. The Balaban J connectivity index is 2.20. The van der Waals surface area contributed by atoms with Gasteiger partial charge in [-0.15, -0.1) is 0 Å². The standard InChI is InChI=1S/C16H21NO/c1-4-11-17-12(2)9-10-14-13(3)18-16-8-6-5-7-15(14)16/h5-10,12,17H,4,11H2,1-3H3/b10-9+. The zero-order valence-electron chi connectivity index (χ0n) is 11.4. The summed E-state index contributed by atoms with van der Waals surface area (Å²) in [6.07, 6.45) is 5.51. The predicted molar refractivity (Wildman–Crippen MR) is 77.7 cm³/mol. The molecule has 0 amide bonds. The molecule has 1 unspecified atom stereocenters. The van der Waals surface area contributed by atoms with Gasteiger partial charge in [-0.25, -0.2) is 0 Å². The fourth-order valence-corrected chi connectivity index (χ4v) is 2.08. The van der Waals surface area contributed by atoms with Crippen LogP contribution in [0.3, 0.4) is 0 Å². The van der Waals surface area contributed by atoms with Gasteiger partial charge in [0.25, 0.3) is 0 Å². The van der Waals surface area contributed by atoms with Crippen LogP contribution >= 0.6 is 0 Å². The van der Waals surface area contributed by atoms with E-state index in [4.69, 9.17) is 4.42 Å². The molecule has 1 heterocycles. The normalized spacial score (nSPS) is 13.5. The van der Waals surface area contributed by atoms with Crippen LogP contribution in [0.4, 0.5) is 0 Å². The number of fused-ring (bicyclic) bond motifs is 1. The minimum Gasteiger partial charge on any atom is -0.461 e. The molecule has 0 aliphatic heterocycles. The van der Waals surface area contributed by atoms with E-state index in [1.54, 1.807) is 0 Å². The van der Waals surface area contributed by atoms with Gasteiger partial charge in [0.15, 0.2) is 0 Å². The Morgan fingerprint density at radius 2 is 2.11 bits per heavy atom. The summed E-state index contributed by atoms with van der Waals surface area (Å²) in [4.78, 5) is 0. The lowest BCUT2D eigenvalue weighted by Gasteiger charge is -2.07. The first-order valence-electron chi connectivity index (χ1n) is 6.62. The fraction of sp³-hybridized carbons (Fsp3) is 0.375. The molecule has 96 valence electrons. The monoisotopic (exact) mass is 243 g/mol. The molecule has 0 aliphatic rings. The molecule has 1 atom stereocenters. The summed E-state index contributed by atoms with van der Waals surface area (Å²) in [7, 11) is 0. The molecule has 0 saturated carbocycles. The van der Waals surface area contributed by atoms with E-state index >= 15 is 0 Å². The number of hydrogen-bond acceptors (Lipinski definition) is 2. The highest BCUT2D eigenvalue weighted by Crippen LogP contribution is 2.26. The summed E-state index contributed by atoms with van der Waals surface area (Å²) in [6, 6.07) is 8.56. The topological polar surface area (TPSA) is 25.2 Å². The third-order valence-electron chi connectivity index (χ3n) is 3.09. The Bertz CT molecular complexity index is 539. The van der Waals surface area contributed by atoms with E-state index < -0.39 is 0 Å². The van der Waals surface area contributed by atoms with Crippen molar-refractivity contribution in [2.24, 2.45) is 0 Å². The van der Waals surface area contributed by atoms with Crippen molar-refractivity contribution in [1.29, 1.82) is 0 Å². The van der Waals surface area contributed by atoms with E-state index in [0.717, 1.165) is 24.3 Å². The van der Waals surface area contributed by atoms with Gasteiger partial charge in [0.05, 0.1) is 0 Å². The maximum atomic E-state index is 5.74. The minimum atomic E-state index is 0.387. The van der Waals surface area contributed by atoms with Crippen LogP contribution in [-0.2, 0) is 0 Å². The summed E-state index contributed by atoms with van der Waals surface area (Å²) in [6.45, 7) is 7.42. The summed E-state index contributed by atoms with van der Waals surface area (Å²) in [5, 5.41) is 4.63. The predicted octanol–water partition coefficient (Wildman–Crippen LogP) is 4.14. The van der Waals surface area contributed by atoms with E-state index in [9.17, 15) is 0 Å². The maximum absolute atomic E-state index is 5.74. The first-order chi connectivity index (χ1) is 8.72. The quantitative estimate of drug-likeness (QED) is 0.853. The summed E-state index contributed by atoms with van der Waals surface area (Å²) in [5.41, 5.74) is 2.15. The van der Waals surface area contributed by atoms with Crippen molar-refractivity contribution < 1.29 is 4.42 Å². The Hall–Kier alpha value is -1.54. The molecular weight excluding hydrogens is 222 g/mol. The molecule has 0 aliphatic carbocycles. The van der Waals surface area contributed by atoms with Crippen molar-refractivity contribution in [2.75, 3.05) is 6.54 Å². The molecular formula is C16H21NO. The molecule has 0 saturated heterocycles. The Morgan fingerprint density at radius 1 is 1.33 bits per heavy atom. The zero-order chi connectivity index (χ0) is 13.0. The lowest BCUT2D eigenvalue weighted by molar-refractivity contribution is 0.577. The van der Waals surface area contributed by atoms with Gasteiger partial charge in [0.1, 0.15) is 11.3 Å². The van der Waals surface area contributed by atoms with E-state index in [1.165, 1.54) is 10.9 Å². The Kier molecular flexibility index (Phi) is 4.21. The second-order valence-electron chi connectivity index (χ2n) is 4.67. The fourth-order valence-electron chi connectivity index (χ4n) is 2.08. The maximum Gasteiger partial charge on any atom is 0.134 e. The summed E-state index contributed by atoms with van der Waals surface area (Å²) in [5.74, 6) is 0.982. The lowest BCUT2D eigenvalue weighted by Crippen LogP contribution is -2.24. The van der Waals surface area contributed by atoms with Gasteiger partial charge >= 0.3 is 0 Å². The molecule has 2 nitrogen and oxygen atoms in total. The van der Waals surface area contributed by atoms with Crippen LogP contribution in [-0.4, -0.2) is 12.6 Å². The molecule has 0 bridgehead atoms. The van der Waals surface area contributed by atoms with E-state index in [-0.39, 0.29) is 0 Å². The highest BCUT2D eigenvalue weighted by Gasteiger charge is 2.07. The average molecular weight is 243 g/mol. The van der Waals surface area contributed by atoms with Gasteiger partial charge in [-0.1, -0.05) is 37.3 Å². The highest BCUT2D eigenvalue weighted by molar-refractivity contribution is 5.88. The van der Waals surface area contributed by atoms with E-state index in [1.807, 2.05) is 25.1 Å². The number of rotatable bonds is 5. The van der Waals surface area contributed by atoms with Crippen molar-refractivity contribution in [3.63, 3.8) is 0 Å². The second-order valence-corrected chi connectivity index (χ2v) is 4.67. The third-order valence-corrected chi connectivity index (χ3v) is 3.09. The van der Waals surface area contributed by atoms with Gasteiger partial charge in [-0.3, -0.25) is 0 Å². The van der Waals surface area contributed by atoms with Crippen molar-refractivity contribution in [1.82, 2.24) is 5.32 Å². The number of para-hydroxylation sites is 1. The van der Waals surface area contributed by atoms with Crippen LogP contribution < -0.4 is 5.32 Å². The van der Waals surface area contributed by atoms with Gasteiger partial charge in [0, 0.05) is 17.0 Å². The number of aryl methyl sites for hydroxylation is 1. The SMILES string of the molecule is CCCNC(C)/C=C/c1c(C)oc2ccccc12. The van der Waals surface area contributed by atoms with Crippen LogP contribution in [0.15, 0.2) is 34.8 Å². The molecule has 1 aromatic heterocycles. The zero-order valence-corrected chi connectivity index (χ0v) is 11.4. The van der Waals surface area contributed by atoms with Crippen LogP contribution in [0.1, 0.15) is 31.6 Å². The van der Waals surface area contributed by atoms with E-state index in [0.29, 0.717) is 6.04 Å². The van der Waals surface area contributed by atoms with Crippen LogP contribution in [0.2, 0.25) is 0 Å². The summed E-state index contributed by atoms with van der Waals surface area (Å²) < 4.78 is 5.74. The molecule has 1 aromatic carbocycles. The van der Waals surface area contributed by atoms with Gasteiger partial charge in [-0.2, -0.15) is 0 Å². The van der Waals surface area contributed by atoms with Crippen LogP contribution in [0.25, 0.3) is 17.0 Å². The molecule has 0 spiro atoms. The second kappa shape index (κ2) is 5.87.